The van der Waals surface area contributed by atoms with Crippen molar-refractivity contribution in [2.45, 2.75) is 13.5 Å². The summed E-state index contributed by atoms with van der Waals surface area (Å²) in [7, 11) is 0. The molecule has 10 heteroatoms. The van der Waals surface area contributed by atoms with E-state index in [0.29, 0.717) is 16.5 Å². The zero-order valence-electron chi connectivity index (χ0n) is 14.8. The van der Waals surface area contributed by atoms with Gasteiger partial charge in [0.25, 0.3) is 0 Å². The number of nitrogens with one attached hydrogen (secondary N) is 1. The second-order valence-corrected chi connectivity index (χ2v) is 6.46. The quantitative estimate of drug-likeness (QED) is 0.369. The molecule has 0 unspecified atom stereocenters. The maximum atomic E-state index is 12.1. The smallest absolute Gasteiger partial charge is 0.306 e. The minimum Gasteiger partial charge on any atom is -0.455 e. The summed E-state index contributed by atoms with van der Waals surface area (Å²) in [6.45, 7) is 1.86. The number of benzene rings is 1. The first-order valence-electron chi connectivity index (χ1n) is 8.28. The Kier molecular flexibility index (Phi) is 5.85. The van der Waals surface area contributed by atoms with Gasteiger partial charge in [-0.15, -0.1) is 0 Å². The predicted octanol–water partition coefficient (Wildman–Crippen LogP) is 3.49. The average Bonchev–Trinajstić information content (AvgIpc) is 3.31. The van der Waals surface area contributed by atoms with Crippen molar-refractivity contribution >= 4 is 29.4 Å². The molecule has 1 N–H and O–H groups in total. The van der Waals surface area contributed by atoms with Gasteiger partial charge in [0.05, 0.1) is 23.6 Å². The summed E-state index contributed by atoms with van der Waals surface area (Å²) in [5, 5.41) is 19.0. The molecule has 0 saturated carbocycles. The molecule has 3 rings (SSSR count). The van der Waals surface area contributed by atoms with E-state index < -0.39 is 10.8 Å². The number of aromatic nitrogens is 2. The largest absolute Gasteiger partial charge is 0.455 e. The first kappa shape index (κ1) is 19.3. The van der Waals surface area contributed by atoms with E-state index in [1.54, 1.807) is 31.2 Å². The Labute approximate surface area is 164 Å². The molecule has 0 bridgehead atoms. The summed E-state index contributed by atoms with van der Waals surface area (Å²) in [5.74, 6) is 0.251. The number of hydrogen-bond acceptors (Lipinski definition) is 6. The van der Waals surface area contributed by atoms with Crippen LogP contribution in [-0.2, 0) is 11.3 Å². The molecule has 0 spiro atoms. The van der Waals surface area contributed by atoms with Crippen molar-refractivity contribution in [3.8, 4) is 11.3 Å². The van der Waals surface area contributed by atoms with Crippen molar-refractivity contribution in [3.63, 3.8) is 0 Å². The van der Waals surface area contributed by atoms with Crippen LogP contribution >= 0.6 is 11.6 Å². The molecule has 0 aliphatic rings. The zero-order valence-corrected chi connectivity index (χ0v) is 15.5. The van der Waals surface area contributed by atoms with E-state index in [2.05, 4.69) is 15.6 Å². The lowest BCUT2D eigenvalue weighted by Gasteiger charge is -2.08. The van der Waals surface area contributed by atoms with E-state index in [-0.39, 0.29) is 18.1 Å². The molecule has 0 aliphatic carbocycles. The second kappa shape index (κ2) is 8.49. The zero-order chi connectivity index (χ0) is 20.1. The SMILES string of the molecule is C[C@@H](Cn1cc([N+](=O)[O-])cn1)C(=O)N/N=C\c1ccc(-c2cccc(Cl)c2)o1. The fraction of sp³-hybridized carbons (Fsp3) is 0.167. The van der Waals surface area contributed by atoms with Gasteiger partial charge in [-0.1, -0.05) is 30.7 Å². The number of halogens is 1. The fourth-order valence-electron chi connectivity index (χ4n) is 2.40. The van der Waals surface area contributed by atoms with E-state index in [4.69, 9.17) is 16.0 Å². The van der Waals surface area contributed by atoms with Crippen LogP contribution in [0.3, 0.4) is 0 Å². The molecule has 9 nitrogen and oxygen atoms in total. The number of hydrazone groups is 1. The lowest BCUT2D eigenvalue weighted by Crippen LogP contribution is -2.28. The third-order valence-corrected chi connectivity index (χ3v) is 4.08. The average molecular weight is 402 g/mol. The molecule has 1 aromatic carbocycles. The summed E-state index contributed by atoms with van der Waals surface area (Å²) in [6.07, 6.45) is 3.79. The summed E-state index contributed by atoms with van der Waals surface area (Å²) in [4.78, 5) is 22.2. The van der Waals surface area contributed by atoms with Gasteiger partial charge in [0.15, 0.2) is 0 Å². The molecule has 0 saturated heterocycles. The minimum atomic E-state index is -0.542. The van der Waals surface area contributed by atoms with Gasteiger partial charge in [0, 0.05) is 10.6 Å². The standard InChI is InChI=1S/C18H16ClN5O4/c1-12(10-23-11-15(8-21-23)24(26)27)18(25)22-20-9-16-5-6-17(28-16)13-3-2-4-14(19)7-13/h2-9,11-12H,10H2,1H3,(H,22,25)/b20-9-/t12-/m0/s1. The van der Waals surface area contributed by atoms with Gasteiger partial charge in [-0.3, -0.25) is 19.6 Å². The van der Waals surface area contributed by atoms with Crippen molar-refractivity contribution < 1.29 is 14.1 Å². The highest BCUT2D eigenvalue weighted by Crippen LogP contribution is 2.24. The van der Waals surface area contributed by atoms with Crippen LogP contribution in [0.1, 0.15) is 12.7 Å². The third-order valence-electron chi connectivity index (χ3n) is 3.84. The summed E-state index contributed by atoms with van der Waals surface area (Å²) >= 11 is 5.97. The van der Waals surface area contributed by atoms with Crippen LogP contribution in [0.4, 0.5) is 5.69 Å². The van der Waals surface area contributed by atoms with Crippen LogP contribution in [0.2, 0.25) is 5.02 Å². The number of furan rings is 1. The minimum absolute atomic E-state index is 0.126. The van der Waals surface area contributed by atoms with Gasteiger partial charge in [0.2, 0.25) is 5.91 Å². The molecular formula is C18H16ClN5O4. The normalized spacial score (nSPS) is 12.2. The molecule has 1 amide bonds. The van der Waals surface area contributed by atoms with Crippen LogP contribution in [0, 0.1) is 16.0 Å². The first-order valence-corrected chi connectivity index (χ1v) is 8.65. The van der Waals surface area contributed by atoms with Crippen LogP contribution < -0.4 is 5.43 Å². The Hall–Kier alpha value is -3.46. The maximum absolute atomic E-state index is 12.1. The molecule has 0 radical (unpaired) electrons. The summed E-state index contributed by atoms with van der Waals surface area (Å²) < 4.78 is 6.99. The Bertz CT molecular complexity index is 1030. The number of nitro groups is 1. The molecule has 1 atom stereocenters. The van der Waals surface area contributed by atoms with Crippen molar-refractivity contribution in [3.05, 3.63) is 69.7 Å². The van der Waals surface area contributed by atoms with Crippen molar-refractivity contribution in [1.29, 1.82) is 0 Å². The van der Waals surface area contributed by atoms with Crippen molar-refractivity contribution in [2.24, 2.45) is 11.0 Å². The molecule has 0 fully saturated rings. The summed E-state index contributed by atoms with van der Waals surface area (Å²) in [6, 6.07) is 10.7. The van der Waals surface area contributed by atoms with Gasteiger partial charge in [-0.05, 0) is 24.3 Å². The number of nitrogens with zero attached hydrogens (tertiary/aromatic N) is 4. The number of carbonyl (C=O) groups is 1. The summed E-state index contributed by atoms with van der Waals surface area (Å²) in [5.41, 5.74) is 3.12. The Balaban J connectivity index is 1.55. The first-order chi connectivity index (χ1) is 13.4. The van der Waals surface area contributed by atoms with Gasteiger partial charge in [-0.2, -0.15) is 10.2 Å². The van der Waals surface area contributed by atoms with Gasteiger partial charge >= 0.3 is 5.69 Å². The second-order valence-electron chi connectivity index (χ2n) is 6.03. The van der Waals surface area contributed by atoms with Gasteiger partial charge < -0.3 is 4.42 Å². The van der Waals surface area contributed by atoms with E-state index in [9.17, 15) is 14.9 Å². The highest BCUT2D eigenvalue weighted by Gasteiger charge is 2.16. The monoisotopic (exact) mass is 401 g/mol. The van der Waals surface area contributed by atoms with E-state index >= 15 is 0 Å². The van der Waals surface area contributed by atoms with Crippen LogP contribution in [-0.4, -0.2) is 26.8 Å². The Morgan fingerprint density at radius 1 is 1.46 bits per heavy atom. The fourth-order valence-corrected chi connectivity index (χ4v) is 2.59. The molecule has 2 heterocycles. The molecular weight excluding hydrogens is 386 g/mol. The maximum Gasteiger partial charge on any atom is 0.306 e. The third kappa shape index (κ3) is 4.83. The van der Waals surface area contributed by atoms with Crippen LogP contribution in [0.15, 0.2) is 58.3 Å². The van der Waals surface area contributed by atoms with Crippen LogP contribution in [0.5, 0.6) is 0 Å². The Morgan fingerprint density at radius 3 is 3.00 bits per heavy atom. The topological polar surface area (TPSA) is 116 Å². The number of rotatable bonds is 7. The molecule has 2 aromatic heterocycles. The van der Waals surface area contributed by atoms with E-state index in [1.807, 2.05) is 12.1 Å². The van der Waals surface area contributed by atoms with E-state index in [1.165, 1.54) is 17.1 Å². The predicted molar refractivity (Wildman–Crippen MR) is 103 cm³/mol. The van der Waals surface area contributed by atoms with Crippen molar-refractivity contribution in [2.75, 3.05) is 0 Å². The Morgan fingerprint density at radius 2 is 2.29 bits per heavy atom. The molecule has 0 aliphatic heterocycles. The number of amides is 1. The van der Waals surface area contributed by atoms with Crippen molar-refractivity contribution in [1.82, 2.24) is 15.2 Å². The molecule has 144 valence electrons. The molecule has 28 heavy (non-hydrogen) atoms. The lowest BCUT2D eigenvalue weighted by atomic mass is 10.2. The molecule has 3 aromatic rings. The lowest BCUT2D eigenvalue weighted by molar-refractivity contribution is -0.385. The highest BCUT2D eigenvalue weighted by molar-refractivity contribution is 6.30. The van der Waals surface area contributed by atoms with Gasteiger partial charge in [-0.25, -0.2) is 5.43 Å². The van der Waals surface area contributed by atoms with Gasteiger partial charge in [0.1, 0.15) is 23.9 Å². The van der Waals surface area contributed by atoms with E-state index in [0.717, 1.165) is 11.8 Å². The van der Waals surface area contributed by atoms with Crippen LogP contribution in [0.25, 0.3) is 11.3 Å². The number of carbonyl (C=O) groups excluding carboxylic acids is 1. The highest BCUT2D eigenvalue weighted by atomic mass is 35.5. The number of hydrogen-bond donors (Lipinski definition) is 1.